The van der Waals surface area contributed by atoms with Gasteiger partial charge in [-0.2, -0.15) is 5.26 Å². The molecule has 1 heterocycles. The summed E-state index contributed by atoms with van der Waals surface area (Å²) in [5.41, 5.74) is 1.48. The second-order valence-corrected chi connectivity index (χ2v) is 7.93. The number of benzene rings is 2. The number of methoxy groups -OCH3 is 1. The summed E-state index contributed by atoms with van der Waals surface area (Å²) in [6, 6.07) is 15.7. The smallest absolute Gasteiger partial charge is 0.252 e. The van der Waals surface area contributed by atoms with Crippen LogP contribution in [0.2, 0.25) is 0 Å². The molecule has 1 unspecified atom stereocenters. The SMILES string of the molecule is COc1ccc(CN2C(=O)C(C#N)(CC(C)C)c3cc(Br)ccc32)cc1. The van der Waals surface area contributed by atoms with Gasteiger partial charge in [0.05, 0.1) is 19.7 Å². The predicted octanol–water partition coefficient (Wildman–Crippen LogP) is 4.81. The molecule has 2 aromatic carbocycles. The largest absolute Gasteiger partial charge is 0.497 e. The topological polar surface area (TPSA) is 53.3 Å². The van der Waals surface area contributed by atoms with Crippen molar-refractivity contribution in [3.8, 4) is 11.8 Å². The number of ether oxygens (including phenoxy) is 1. The van der Waals surface area contributed by atoms with Crippen LogP contribution in [0.4, 0.5) is 5.69 Å². The molecule has 0 saturated carbocycles. The van der Waals surface area contributed by atoms with Crippen molar-refractivity contribution in [2.75, 3.05) is 12.0 Å². The van der Waals surface area contributed by atoms with E-state index in [-0.39, 0.29) is 11.8 Å². The van der Waals surface area contributed by atoms with Crippen molar-refractivity contribution < 1.29 is 9.53 Å². The van der Waals surface area contributed by atoms with Gasteiger partial charge in [-0.3, -0.25) is 4.79 Å². The summed E-state index contributed by atoms with van der Waals surface area (Å²) in [7, 11) is 1.63. The van der Waals surface area contributed by atoms with Crippen LogP contribution in [0.15, 0.2) is 46.9 Å². The maximum Gasteiger partial charge on any atom is 0.252 e. The van der Waals surface area contributed by atoms with Crippen molar-refractivity contribution in [1.29, 1.82) is 5.26 Å². The Bertz CT molecular complexity index is 871. The minimum atomic E-state index is -1.13. The van der Waals surface area contributed by atoms with Crippen molar-refractivity contribution in [1.82, 2.24) is 0 Å². The summed E-state index contributed by atoms with van der Waals surface area (Å²) < 4.78 is 6.07. The Hall–Kier alpha value is -2.32. The lowest BCUT2D eigenvalue weighted by atomic mass is 9.76. The van der Waals surface area contributed by atoms with Crippen LogP contribution in [0, 0.1) is 17.2 Å². The van der Waals surface area contributed by atoms with Gasteiger partial charge in [-0.1, -0.05) is 41.9 Å². The van der Waals surface area contributed by atoms with Crippen molar-refractivity contribution >= 4 is 27.5 Å². The summed E-state index contributed by atoms with van der Waals surface area (Å²) >= 11 is 3.48. The molecule has 0 N–H and O–H groups in total. The lowest BCUT2D eigenvalue weighted by Gasteiger charge is -2.23. The average Bonchev–Trinajstić information content (AvgIpc) is 2.84. The van der Waals surface area contributed by atoms with Gasteiger partial charge in [0.2, 0.25) is 0 Å². The highest BCUT2D eigenvalue weighted by atomic mass is 79.9. The van der Waals surface area contributed by atoms with Gasteiger partial charge >= 0.3 is 0 Å². The third kappa shape index (κ3) is 3.10. The number of anilines is 1. The van der Waals surface area contributed by atoms with Gasteiger partial charge < -0.3 is 9.64 Å². The molecule has 0 bridgehead atoms. The first-order chi connectivity index (χ1) is 12.4. The van der Waals surface area contributed by atoms with Gasteiger partial charge in [0.15, 0.2) is 5.41 Å². The van der Waals surface area contributed by atoms with Crippen molar-refractivity contribution in [2.45, 2.75) is 32.2 Å². The number of fused-ring (bicyclic) bond motifs is 1. The highest BCUT2D eigenvalue weighted by Crippen LogP contribution is 2.46. The quantitative estimate of drug-likeness (QED) is 0.707. The third-order valence-electron chi connectivity index (χ3n) is 4.72. The Morgan fingerprint density at radius 2 is 1.92 bits per heavy atom. The lowest BCUT2D eigenvalue weighted by molar-refractivity contribution is -0.122. The van der Waals surface area contributed by atoms with E-state index in [1.54, 1.807) is 12.0 Å². The first kappa shape index (κ1) is 18.5. The molecule has 26 heavy (non-hydrogen) atoms. The Balaban J connectivity index is 2.04. The molecule has 0 saturated heterocycles. The fourth-order valence-corrected chi connectivity index (χ4v) is 3.94. The standard InChI is InChI=1S/C21H21BrN2O2/c1-14(2)11-21(13-23)18-10-16(22)6-9-19(18)24(20(21)25)12-15-4-7-17(26-3)8-5-15/h4-10,14H,11-12H2,1-3H3. The van der Waals surface area contributed by atoms with E-state index in [1.807, 2.05) is 56.3 Å². The van der Waals surface area contributed by atoms with Crippen LogP contribution in [0.25, 0.3) is 0 Å². The van der Waals surface area contributed by atoms with E-state index in [9.17, 15) is 10.1 Å². The maximum atomic E-state index is 13.4. The molecule has 0 fully saturated rings. The Morgan fingerprint density at radius 3 is 2.50 bits per heavy atom. The first-order valence-corrected chi connectivity index (χ1v) is 9.36. The van der Waals surface area contributed by atoms with Crippen LogP contribution >= 0.6 is 15.9 Å². The number of halogens is 1. The number of carbonyl (C=O) groups is 1. The molecule has 2 aromatic rings. The molecule has 1 aliphatic rings. The number of nitrogens with zero attached hydrogens (tertiary/aromatic N) is 2. The summed E-state index contributed by atoms with van der Waals surface area (Å²) in [4.78, 5) is 15.1. The van der Waals surface area contributed by atoms with Crippen molar-refractivity contribution in [3.05, 3.63) is 58.1 Å². The minimum Gasteiger partial charge on any atom is -0.497 e. The normalized spacial score (nSPS) is 18.8. The molecule has 0 spiro atoms. The van der Waals surface area contributed by atoms with Crippen molar-refractivity contribution in [2.24, 2.45) is 5.92 Å². The molecular weight excluding hydrogens is 392 g/mol. The predicted molar refractivity (Wildman–Crippen MR) is 105 cm³/mol. The number of carbonyl (C=O) groups excluding carboxylic acids is 1. The van der Waals surface area contributed by atoms with Gasteiger partial charge in [-0.25, -0.2) is 0 Å². The average molecular weight is 413 g/mol. The summed E-state index contributed by atoms with van der Waals surface area (Å²) in [5, 5.41) is 10.00. The molecule has 4 nitrogen and oxygen atoms in total. The van der Waals surface area contributed by atoms with Crippen LogP contribution in [0.1, 0.15) is 31.4 Å². The maximum absolute atomic E-state index is 13.4. The number of amides is 1. The highest BCUT2D eigenvalue weighted by molar-refractivity contribution is 9.10. The Labute approximate surface area is 162 Å². The molecule has 0 radical (unpaired) electrons. The van der Waals surface area contributed by atoms with Gasteiger partial charge in [0.25, 0.3) is 5.91 Å². The van der Waals surface area contributed by atoms with E-state index in [2.05, 4.69) is 22.0 Å². The molecule has 1 aliphatic heterocycles. The molecule has 0 aliphatic carbocycles. The molecule has 0 aromatic heterocycles. The number of nitriles is 1. The van der Waals surface area contributed by atoms with Crippen LogP contribution in [-0.4, -0.2) is 13.0 Å². The monoisotopic (exact) mass is 412 g/mol. The van der Waals surface area contributed by atoms with E-state index < -0.39 is 5.41 Å². The van der Waals surface area contributed by atoms with Crippen LogP contribution in [-0.2, 0) is 16.8 Å². The second kappa shape index (κ2) is 7.13. The van der Waals surface area contributed by atoms with E-state index in [0.717, 1.165) is 27.0 Å². The fraction of sp³-hybridized carbons (Fsp3) is 0.333. The number of hydrogen-bond acceptors (Lipinski definition) is 3. The Morgan fingerprint density at radius 1 is 1.23 bits per heavy atom. The van der Waals surface area contributed by atoms with Crippen LogP contribution in [0.5, 0.6) is 5.75 Å². The number of rotatable bonds is 5. The zero-order valence-electron chi connectivity index (χ0n) is 15.1. The summed E-state index contributed by atoms with van der Waals surface area (Å²) in [5.74, 6) is 0.862. The van der Waals surface area contributed by atoms with Gasteiger partial charge in [0, 0.05) is 15.7 Å². The molecule has 1 amide bonds. The molecular formula is C21H21BrN2O2. The molecule has 5 heteroatoms. The van der Waals surface area contributed by atoms with Gasteiger partial charge in [0.1, 0.15) is 5.75 Å². The first-order valence-electron chi connectivity index (χ1n) is 8.57. The molecule has 1 atom stereocenters. The van der Waals surface area contributed by atoms with Crippen LogP contribution in [0.3, 0.4) is 0 Å². The zero-order valence-corrected chi connectivity index (χ0v) is 16.7. The van der Waals surface area contributed by atoms with Gasteiger partial charge in [-0.15, -0.1) is 0 Å². The molecule has 3 rings (SSSR count). The van der Waals surface area contributed by atoms with E-state index in [0.29, 0.717) is 13.0 Å². The molecule has 134 valence electrons. The van der Waals surface area contributed by atoms with Crippen molar-refractivity contribution in [3.63, 3.8) is 0 Å². The minimum absolute atomic E-state index is 0.141. The van der Waals surface area contributed by atoms with Gasteiger partial charge in [-0.05, 0) is 48.2 Å². The van der Waals surface area contributed by atoms with E-state index in [4.69, 9.17) is 4.74 Å². The van der Waals surface area contributed by atoms with E-state index in [1.165, 1.54) is 0 Å². The summed E-state index contributed by atoms with van der Waals surface area (Å²) in [6.07, 6.45) is 0.505. The lowest BCUT2D eigenvalue weighted by Crippen LogP contribution is -2.40. The second-order valence-electron chi connectivity index (χ2n) is 7.02. The summed E-state index contributed by atoms with van der Waals surface area (Å²) in [6.45, 7) is 4.51. The number of hydrogen-bond donors (Lipinski definition) is 0. The zero-order chi connectivity index (χ0) is 18.9. The Kier molecular flexibility index (Phi) is 5.06. The van der Waals surface area contributed by atoms with Crippen LogP contribution < -0.4 is 9.64 Å². The van der Waals surface area contributed by atoms with E-state index >= 15 is 0 Å². The third-order valence-corrected chi connectivity index (χ3v) is 5.22. The highest BCUT2D eigenvalue weighted by Gasteiger charge is 2.51. The fourth-order valence-electron chi connectivity index (χ4n) is 3.57.